The first kappa shape index (κ1) is 38.9. The van der Waals surface area contributed by atoms with Gasteiger partial charge in [-0.2, -0.15) is 0 Å². The third-order valence-corrected chi connectivity index (χ3v) is 7.86. The van der Waals surface area contributed by atoms with Gasteiger partial charge in [-0.3, -0.25) is 19.2 Å². The molecule has 0 radical (unpaired) electrons. The van der Waals surface area contributed by atoms with Crippen LogP contribution in [0.3, 0.4) is 0 Å². The second kappa shape index (κ2) is 18.8. The van der Waals surface area contributed by atoms with E-state index < -0.39 is 59.7 Å². The molecule has 0 fully saturated rings. The van der Waals surface area contributed by atoms with Gasteiger partial charge in [-0.15, -0.1) is 0 Å². The molecule has 4 atom stereocenters. The highest BCUT2D eigenvalue weighted by molar-refractivity contribution is 6.00. The molecule has 2 aromatic carbocycles. The average Bonchev–Trinajstić information content (AvgIpc) is 3.11. The fourth-order valence-electron chi connectivity index (χ4n) is 5.08. The molecule has 1 aromatic heterocycles. The van der Waals surface area contributed by atoms with Gasteiger partial charge in [0.1, 0.15) is 35.6 Å². The number of nitrogens with one attached hydrogen (secondary N) is 4. The van der Waals surface area contributed by atoms with Crippen molar-refractivity contribution in [3.63, 3.8) is 0 Å². The maximum absolute atomic E-state index is 13.4. The number of methoxy groups -OCH3 is 2. The van der Waals surface area contributed by atoms with Gasteiger partial charge in [-0.05, 0) is 35.1 Å². The van der Waals surface area contributed by atoms with E-state index in [1.54, 1.807) is 27.7 Å². The van der Waals surface area contributed by atoms with E-state index >= 15 is 0 Å². The summed E-state index contributed by atoms with van der Waals surface area (Å²) in [5.74, 6) is -4.71. The molecule has 0 aliphatic heterocycles. The summed E-state index contributed by atoms with van der Waals surface area (Å²) in [4.78, 5) is 82.6. The second-order valence-electron chi connectivity index (χ2n) is 12.3. The van der Waals surface area contributed by atoms with Crippen LogP contribution < -0.4 is 21.3 Å². The van der Waals surface area contributed by atoms with Gasteiger partial charge in [0, 0.05) is 12.8 Å². The Labute approximate surface area is 291 Å². The fraction of sp³-hybridized carbons (Fsp3) is 0.378. The largest absolute Gasteiger partial charge is 0.467 e. The molecule has 0 aliphatic rings. The summed E-state index contributed by atoms with van der Waals surface area (Å²) >= 11 is 0. The van der Waals surface area contributed by atoms with E-state index in [4.69, 9.17) is 9.47 Å². The Balaban J connectivity index is 1.71. The third kappa shape index (κ3) is 11.2. The van der Waals surface area contributed by atoms with E-state index in [9.17, 15) is 28.8 Å². The molecule has 0 bridgehead atoms. The number of amides is 4. The molecule has 3 aromatic rings. The molecule has 266 valence electrons. The normalized spacial score (nSPS) is 13.3. The molecule has 13 nitrogen and oxygen atoms in total. The predicted molar refractivity (Wildman–Crippen MR) is 185 cm³/mol. The lowest BCUT2D eigenvalue weighted by Gasteiger charge is -2.25. The fourth-order valence-corrected chi connectivity index (χ4v) is 5.08. The van der Waals surface area contributed by atoms with E-state index in [2.05, 4.69) is 26.3 Å². The summed E-state index contributed by atoms with van der Waals surface area (Å²) < 4.78 is 9.78. The Morgan fingerprint density at radius 3 is 1.22 bits per heavy atom. The lowest BCUT2D eigenvalue weighted by molar-refractivity contribution is -0.145. The summed E-state index contributed by atoms with van der Waals surface area (Å²) in [6, 6.07) is 18.3. The topological polar surface area (TPSA) is 182 Å². The standard InChI is InChI=1S/C37H45N5O8/c1-22(2)30(34(45)39-28(36(47)49-5)20-24-14-9-7-10-15-24)41-32(43)26-18-13-19-27(38-26)33(44)42-31(23(3)4)35(46)40-29(37(48)50-6)21-25-16-11-8-12-17-25/h7-19,22-23,28-31H,20-21H2,1-6H3,(H,39,45)(H,40,46)(H,41,43)(H,42,44)/t28-,29-,30-,31-/m0/s1. The lowest BCUT2D eigenvalue weighted by atomic mass is 10.0. The lowest BCUT2D eigenvalue weighted by Crippen LogP contribution is -2.54. The summed E-state index contributed by atoms with van der Waals surface area (Å²) in [5, 5.41) is 10.7. The van der Waals surface area contributed by atoms with Crippen LogP contribution in [-0.4, -0.2) is 78.9 Å². The molecule has 0 spiro atoms. The van der Waals surface area contributed by atoms with Crippen molar-refractivity contribution in [3.8, 4) is 0 Å². The van der Waals surface area contributed by atoms with E-state index in [1.807, 2.05) is 60.7 Å². The number of aromatic nitrogens is 1. The number of hydrogen-bond acceptors (Lipinski definition) is 9. The molecule has 0 aliphatic carbocycles. The Hall–Kier alpha value is -5.59. The summed E-state index contributed by atoms with van der Waals surface area (Å²) in [7, 11) is 2.45. The first-order chi connectivity index (χ1) is 23.8. The van der Waals surface area contributed by atoms with Crippen molar-refractivity contribution in [1.29, 1.82) is 0 Å². The zero-order valence-electron chi connectivity index (χ0n) is 29.1. The van der Waals surface area contributed by atoms with E-state index in [-0.39, 0.29) is 36.1 Å². The highest BCUT2D eigenvalue weighted by atomic mass is 16.5. The van der Waals surface area contributed by atoms with Gasteiger partial charge >= 0.3 is 11.9 Å². The number of hydrogen-bond donors (Lipinski definition) is 4. The molecule has 1 heterocycles. The van der Waals surface area contributed by atoms with Crippen molar-refractivity contribution in [2.75, 3.05) is 14.2 Å². The van der Waals surface area contributed by atoms with Gasteiger partial charge in [0.15, 0.2) is 0 Å². The van der Waals surface area contributed by atoms with Crippen LogP contribution in [0.25, 0.3) is 0 Å². The molecule has 13 heteroatoms. The second-order valence-corrected chi connectivity index (χ2v) is 12.3. The summed E-state index contributed by atoms with van der Waals surface area (Å²) in [5.41, 5.74) is 1.31. The summed E-state index contributed by atoms with van der Waals surface area (Å²) in [6.45, 7) is 6.92. The zero-order chi connectivity index (χ0) is 36.8. The molecule has 4 amide bonds. The van der Waals surface area contributed by atoms with Crippen LogP contribution in [-0.2, 0) is 41.5 Å². The maximum atomic E-state index is 13.4. The molecule has 0 saturated carbocycles. The van der Waals surface area contributed by atoms with E-state index in [1.165, 1.54) is 32.4 Å². The van der Waals surface area contributed by atoms with Gasteiger partial charge in [-0.25, -0.2) is 14.6 Å². The molecular formula is C37H45N5O8. The Kier molecular flexibility index (Phi) is 14.6. The van der Waals surface area contributed by atoms with Gasteiger partial charge in [-0.1, -0.05) is 94.4 Å². The van der Waals surface area contributed by atoms with E-state index in [0.29, 0.717) is 0 Å². The number of rotatable bonds is 16. The maximum Gasteiger partial charge on any atom is 0.328 e. The van der Waals surface area contributed by atoms with Crippen molar-refractivity contribution < 1.29 is 38.2 Å². The third-order valence-electron chi connectivity index (χ3n) is 7.86. The number of pyridine rings is 1. The quantitative estimate of drug-likeness (QED) is 0.164. The van der Waals surface area contributed by atoms with Crippen molar-refractivity contribution in [3.05, 3.63) is 101 Å². The minimum absolute atomic E-state index is 0.149. The minimum Gasteiger partial charge on any atom is -0.467 e. The number of nitrogens with zero attached hydrogens (tertiary/aromatic N) is 1. The molecule has 0 unspecified atom stereocenters. The Morgan fingerprint density at radius 1 is 0.540 bits per heavy atom. The zero-order valence-corrected chi connectivity index (χ0v) is 29.1. The van der Waals surface area contributed by atoms with Gasteiger partial charge in [0.25, 0.3) is 11.8 Å². The summed E-state index contributed by atoms with van der Waals surface area (Å²) in [6.07, 6.45) is 0.366. The Morgan fingerprint density at radius 2 is 0.900 bits per heavy atom. The average molecular weight is 688 g/mol. The number of benzene rings is 2. The number of carbonyl (C=O) groups excluding carboxylic acids is 6. The number of ether oxygens (including phenoxy) is 2. The van der Waals surface area contributed by atoms with Crippen LogP contribution in [0.4, 0.5) is 0 Å². The molecule has 4 N–H and O–H groups in total. The van der Waals surface area contributed by atoms with Crippen LogP contribution in [0.2, 0.25) is 0 Å². The van der Waals surface area contributed by atoms with Crippen molar-refractivity contribution >= 4 is 35.6 Å². The van der Waals surface area contributed by atoms with Crippen molar-refractivity contribution in [2.45, 2.75) is 64.7 Å². The van der Waals surface area contributed by atoms with Crippen LogP contribution in [0.1, 0.15) is 59.8 Å². The minimum atomic E-state index is -1.06. The van der Waals surface area contributed by atoms with E-state index in [0.717, 1.165) is 11.1 Å². The first-order valence-corrected chi connectivity index (χ1v) is 16.3. The predicted octanol–water partition coefficient (Wildman–Crippen LogP) is 2.39. The number of esters is 2. The SMILES string of the molecule is COC(=O)[C@H](Cc1ccccc1)NC(=O)[C@@H](NC(=O)c1cccc(C(=O)N[C@H](C(=O)N[C@@H](Cc2ccccc2)C(=O)OC)C(C)C)n1)C(C)C. The first-order valence-electron chi connectivity index (χ1n) is 16.3. The number of carbonyl (C=O) groups is 6. The highest BCUT2D eigenvalue weighted by Gasteiger charge is 2.32. The molecule has 3 rings (SSSR count). The smallest absolute Gasteiger partial charge is 0.328 e. The van der Waals surface area contributed by atoms with Crippen molar-refractivity contribution in [2.24, 2.45) is 11.8 Å². The van der Waals surface area contributed by atoms with Crippen LogP contribution >= 0.6 is 0 Å². The monoisotopic (exact) mass is 687 g/mol. The van der Waals surface area contributed by atoms with Gasteiger partial charge < -0.3 is 30.7 Å². The van der Waals surface area contributed by atoms with Crippen LogP contribution in [0.15, 0.2) is 78.9 Å². The van der Waals surface area contributed by atoms with Crippen LogP contribution in [0.5, 0.6) is 0 Å². The van der Waals surface area contributed by atoms with Crippen molar-refractivity contribution in [1.82, 2.24) is 26.3 Å². The van der Waals surface area contributed by atoms with Crippen LogP contribution in [0, 0.1) is 11.8 Å². The van der Waals surface area contributed by atoms with Gasteiger partial charge in [0.2, 0.25) is 11.8 Å². The van der Waals surface area contributed by atoms with Gasteiger partial charge in [0.05, 0.1) is 14.2 Å². The molecule has 0 saturated heterocycles. The molecular weight excluding hydrogens is 642 g/mol. The molecule has 50 heavy (non-hydrogen) atoms. The Bertz CT molecular complexity index is 1510. The highest BCUT2D eigenvalue weighted by Crippen LogP contribution is 2.11.